The highest BCUT2D eigenvalue weighted by Gasteiger charge is 2.34. The van der Waals surface area contributed by atoms with Crippen molar-refractivity contribution in [1.29, 1.82) is 0 Å². The lowest BCUT2D eigenvalue weighted by Gasteiger charge is -2.33. The summed E-state index contributed by atoms with van der Waals surface area (Å²) in [6.07, 6.45) is 1.38. The molecule has 4 heteroatoms. The molecule has 0 radical (unpaired) electrons. The Morgan fingerprint density at radius 3 is 1.52 bits per heavy atom. The van der Waals surface area contributed by atoms with E-state index in [0.29, 0.717) is 16.9 Å². The molecule has 25 heavy (non-hydrogen) atoms. The van der Waals surface area contributed by atoms with Gasteiger partial charge in [0.05, 0.1) is 6.42 Å². The average Bonchev–Trinajstić information content (AvgIpc) is 2.68. The SMILES string of the molecule is [SiH3]OC(CCc1ccccc1)(Oc1ccccc1)Oc1ccccc1. The highest BCUT2D eigenvalue weighted by atomic mass is 28.2. The molecule has 3 rings (SSSR count). The summed E-state index contributed by atoms with van der Waals surface area (Å²) < 4.78 is 18.2. The van der Waals surface area contributed by atoms with Crippen LogP contribution in [0.15, 0.2) is 91.0 Å². The van der Waals surface area contributed by atoms with Crippen LogP contribution in [0, 0.1) is 0 Å². The van der Waals surface area contributed by atoms with Gasteiger partial charge in [-0.25, -0.2) is 0 Å². The molecule has 0 aliphatic heterocycles. The van der Waals surface area contributed by atoms with Crippen molar-refractivity contribution in [2.24, 2.45) is 0 Å². The van der Waals surface area contributed by atoms with Gasteiger partial charge in [0.25, 0.3) is 0 Å². The molecule has 0 bridgehead atoms. The number of aryl methyl sites for hydroxylation is 1. The summed E-state index contributed by atoms with van der Waals surface area (Å²) in [4.78, 5) is 0. The first-order valence-electron chi connectivity index (χ1n) is 8.37. The zero-order valence-electron chi connectivity index (χ0n) is 14.3. The third kappa shape index (κ3) is 4.95. The van der Waals surface area contributed by atoms with Crippen LogP contribution < -0.4 is 9.47 Å². The lowest BCUT2D eigenvalue weighted by atomic mass is 10.1. The van der Waals surface area contributed by atoms with E-state index in [-0.39, 0.29) is 0 Å². The lowest BCUT2D eigenvalue weighted by molar-refractivity contribution is -0.255. The number of para-hydroxylation sites is 2. The predicted molar refractivity (Wildman–Crippen MR) is 103 cm³/mol. The number of hydrogen-bond acceptors (Lipinski definition) is 3. The minimum absolute atomic E-state index is 0.494. The van der Waals surface area contributed by atoms with Crippen LogP contribution in [-0.4, -0.2) is 16.5 Å². The van der Waals surface area contributed by atoms with Crippen LogP contribution in [0.2, 0.25) is 0 Å². The fourth-order valence-electron chi connectivity index (χ4n) is 2.59. The molecule has 0 fully saturated rings. The minimum Gasteiger partial charge on any atom is -0.431 e. The monoisotopic (exact) mass is 350 g/mol. The molecule has 0 N–H and O–H groups in total. The number of rotatable bonds is 8. The molecule has 3 nitrogen and oxygen atoms in total. The lowest BCUT2D eigenvalue weighted by Crippen LogP contribution is -2.45. The van der Waals surface area contributed by atoms with Gasteiger partial charge in [0.1, 0.15) is 11.5 Å². The van der Waals surface area contributed by atoms with E-state index in [1.165, 1.54) is 5.56 Å². The maximum atomic E-state index is 6.17. The zero-order valence-corrected chi connectivity index (χ0v) is 16.3. The summed E-state index contributed by atoms with van der Waals surface area (Å²) >= 11 is 0. The molecule has 0 aromatic heterocycles. The normalized spacial score (nSPS) is 11.2. The quantitative estimate of drug-likeness (QED) is 0.458. The highest BCUT2D eigenvalue weighted by molar-refractivity contribution is 5.98. The molecule has 0 aliphatic rings. The maximum Gasteiger partial charge on any atom is 0.361 e. The van der Waals surface area contributed by atoms with Crippen molar-refractivity contribution in [1.82, 2.24) is 0 Å². The van der Waals surface area contributed by atoms with Gasteiger partial charge in [-0.2, -0.15) is 0 Å². The number of hydrogen-bond donors (Lipinski definition) is 0. The Balaban J connectivity index is 1.82. The molecule has 128 valence electrons. The predicted octanol–water partition coefficient (Wildman–Crippen LogP) is 3.73. The van der Waals surface area contributed by atoms with E-state index in [9.17, 15) is 0 Å². The van der Waals surface area contributed by atoms with E-state index in [4.69, 9.17) is 13.9 Å². The third-order valence-corrected chi connectivity index (χ3v) is 4.53. The summed E-state index contributed by atoms with van der Waals surface area (Å²) in [6.45, 7) is 0. The van der Waals surface area contributed by atoms with Gasteiger partial charge in [0, 0.05) is 0 Å². The van der Waals surface area contributed by atoms with Crippen LogP contribution in [0.25, 0.3) is 0 Å². The van der Waals surface area contributed by atoms with Gasteiger partial charge in [-0.1, -0.05) is 66.7 Å². The molecule has 0 saturated heterocycles. The molecule has 0 atom stereocenters. The van der Waals surface area contributed by atoms with E-state index >= 15 is 0 Å². The van der Waals surface area contributed by atoms with Crippen LogP contribution in [0.3, 0.4) is 0 Å². The van der Waals surface area contributed by atoms with Crippen LogP contribution in [0.4, 0.5) is 0 Å². The van der Waals surface area contributed by atoms with Crippen molar-refractivity contribution in [2.75, 3.05) is 0 Å². The Bertz CT molecular complexity index is 706. The molecule has 0 spiro atoms. The smallest absolute Gasteiger partial charge is 0.361 e. The Hall–Kier alpha value is -2.56. The van der Waals surface area contributed by atoms with Gasteiger partial charge in [0.2, 0.25) is 0 Å². The van der Waals surface area contributed by atoms with Gasteiger partial charge in [-0.05, 0) is 36.2 Å². The fraction of sp³-hybridized carbons (Fsp3) is 0.143. The topological polar surface area (TPSA) is 27.7 Å². The standard InChI is InChI=1S/C21H22O3Si/c25-24-21(22-19-12-6-2-7-13-19,23-20-14-8-3-9-15-20)17-16-18-10-4-1-5-11-18/h1-15H,16-17H2,25H3. The van der Waals surface area contributed by atoms with Crippen molar-refractivity contribution >= 4 is 10.5 Å². The number of ether oxygens (including phenoxy) is 2. The minimum atomic E-state index is -1.13. The van der Waals surface area contributed by atoms with E-state index in [1.807, 2.05) is 78.9 Å². The summed E-state index contributed by atoms with van der Waals surface area (Å²) in [5, 5.41) is 0. The summed E-state index contributed by atoms with van der Waals surface area (Å²) in [5.41, 5.74) is 1.22. The summed E-state index contributed by atoms with van der Waals surface area (Å²) in [5.74, 6) is 0.315. The highest BCUT2D eigenvalue weighted by Crippen LogP contribution is 2.27. The van der Waals surface area contributed by atoms with E-state index in [1.54, 1.807) is 0 Å². The van der Waals surface area contributed by atoms with Crippen molar-refractivity contribution in [2.45, 2.75) is 18.8 Å². The van der Waals surface area contributed by atoms with Gasteiger partial charge >= 0.3 is 5.97 Å². The molecular formula is C21H22O3Si. The van der Waals surface area contributed by atoms with Gasteiger partial charge in [-0.3, -0.25) is 0 Å². The van der Waals surface area contributed by atoms with E-state index < -0.39 is 5.97 Å². The van der Waals surface area contributed by atoms with Crippen molar-refractivity contribution < 1.29 is 13.9 Å². The molecule has 0 saturated carbocycles. The molecule has 0 unspecified atom stereocenters. The third-order valence-electron chi connectivity index (χ3n) is 3.91. The molecule has 0 aliphatic carbocycles. The van der Waals surface area contributed by atoms with Crippen LogP contribution in [0.1, 0.15) is 12.0 Å². The van der Waals surface area contributed by atoms with E-state index in [2.05, 4.69) is 12.1 Å². The second-order valence-electron chi connectivity index (χ2n) is 5.70. The first kappa shape index (κ1) is 17.3. The van der Waals surface area contributed by atoms with Crippen molar-refractivity contribution in [3.8, 4) is 11.5 Å². The Labute approximate surface area is 151 Å². The van der Waals surface area contributed by atoms with Crippen LogP contribution >= 0.6 is 0 Å². The van der Waals surface area contributed by atoms with Crippen molar-refractivity contribution in [3.05, 3.63) is 96.6 Å². The fourth-order valence-corrected chi connectivity index (χ4v) is 2.96. The second-order valence-corrected chi connectivity index (χ2v) is 6.11. The molecule has 0 amide bonds. The van der Waals surface area contributed by atoms with Gasteiger partial charge in [0.15, 0.2) is 10.5 Å². The van der Waals surface area contributed by atoms with Gasteiger partial charge in [-0.15, -0.1) is 0 Å². The second kappa shape index (κ2) is 8.51. The van der Waals surface area contributed by atoms with Gasteiger partial charge < -0.3 is 13.9 Å². The molecule has 0 heterocycles. The van der Waals surface area contributed by atoms with Crippen LogP contribution in [0.5, 0.6) is 11.5 Å². The van der Waals surface area contributed by atoms with Crippen LogP contribution in [-0.2, 0) is 10.8 Å². The largest absolute Gasteiger partial charge is 0.431 e. The Kier molecular flexibility index (Phi) is 5.88. The maximum absolute atomic E-state index is 6.17. The summed E-state index contributed by atoms with van der Waals surface area (Å²) in [6, 6.07) is 29.6. The molecule has 3 aromatic rings. The zero-order chi connectivity index (χ0) is 17.4. The van der Waals surface area contributed by atoms with Crippen molar-refractivity contribution in [3.63, 3.8) is 0 Å². The Morgan fingerprint density at radius 1 is 0.640 bits per heavy atom. The molecule has 3 aromatic carbocycles. The average molecular weight is 350 g/mol. The Morgan fingerprint density at radius 2 is 1.08 bits per heavy atom. The molecular weight excluding hydrogens is 328 g/mol. The number of benzene rings is 3. The summed E-state index contributed by atoms with van der Waals surface area (Å²) in [7, 11) is 0.494. The first-order chi connectivity index (χ1) is 12.3. The van der Waals surface area contributed by atoms with E-state index in [0.717, 1.165) is 17.9 Å². The first-order valence-corrected chi connectivity index (χ1v) is 9.18.